The highest BCUT2D eigenvalue weighted by molar-refractivity contribution is 7.89. The van der Waals surface area contributed by atoms with Crippen LogP contribution in [-0.4, -0.2) is 18.6 Å². The second-order valence-electron chi connectivity index (χ2n) is 6.39. The van der Waals surface area contributed by atoms with E-state index in [0.717, 1.165) is 4.88 Å². The number of furan rings is 1. The van der Waals surface area contributed by atoms with E-state index in [9.17, 15) is 13.2 Å². The predicted octanol–water partition coefficient (Wildman–Crippen LogP) is 3.79. The molecule has 2 aromatic heterocycles. The molecule has 3 heterocycles. The van der Waals surface area contributed by atoms with Gasteiger partial charge in [0.05, 0.1) is 23.6 Å². The summed E-state index contributed by atoms with van der Waals surface area (Å²) in [6.07, 6.45) is 1.53. The number of benzene rings is 1. The Morgan fingerprint density at radius 2 is 2.04 bits per heavy atom. The molecule has 1 aliphatic heterocycles. The quantitative estimate of drug-likeness (QED) is 0.680. The molecule has 27 heavy (non-hydrogen) atoms. The number of carbonyl (C=O) groups is 1. The number of hydrogen-bond donors (Lipinski definition) is 1. The van der Waals surface area contributed by atoms with Crippen molar-refractivity contribution >= 4 is 33.0 Å². The molecule has 140 valence electrons. The minimum Gasteiger partial charge on any atom is -0.468 e. The summed E-state index contributed by atoms with van der Waals surface area (Å²) >= 11 is 1.50. The Balaban J connectivity index is 1.71. The zero-order chi connectivity index (χ0) is 19.0. The van der Waals surface area contributed by atoms with E-state index in [0.29, 0.717) is 17.0 Å². The van der Waals surface area contributed by atoms with E-state index in [2.05, 4.69) is 5.32 Å². The molecule has 0 bridgehead atoms. The van der Waals surface area contributed by atoms with E-state index in [4.69, 9.17) is 4.42 Å². The van der Waals surface area contributed by atoms with Crippen molar-refractivity contribution in [1.82, 2.24) is 4.31 Å². The fraction of sp³-hybridized carbons (Fsp3) is 0.211. The van der Waals surface area contributed by atoms with Crippen LogP contribution in [0.1, 0.15) is 29.0 Å². The SMILES string of the molecule is C[C@H]1C(=O)Nc2ccc(S(=O)(=O)N(Cc3ccco3)Cc3cccs3)cc21. The summed E-state index contributed by atoms with van der Waals surface area (Å²) in [5, 5.41) is 4.69. The number of hydrogen-bond acceptors (Lipinski definition) is 5. The number of amides is 1. The molecule has 1 aliphatic rings. The van der Waals surface area contributed by atoms with Crippen LogP contribution in [0.5, 0.6) is 0 Å². The van der Waals surface area contributed by atoms with Crippen LogP contribution >= 0.6 is 11.3 Å². The van der Waals surface area contributed by atoms with Gasteiger partial charge in [-0.3, -0.25) is 4.79 Å². The molecule has 8 heteroatoms. The van der Waals surface area contributed by atoms with Crippen LogP contribution in [0.15, 0.2) is 63.4 Å². The lowest BCUT2D eigenvalue weighted by molar-refractivity contribution is -0.116. The third-order valence-corrected chi connectivity index (χ3v) is 7.25. The maximum absolute atomic E-state index is 13.4. The van der Waals surface area contributed by atoms with Crippen LogP contribution in [0, 0.1) is 0 Å². The van der Waals surface area contributed by atoms with Gasteiger partial charge in [0.15, 0.2) is 0 Å². The van der Waals surface area contributed by atoms with Gasteiger partial charge in [0, 0.05) is 17.1 Å². The first-order chi connectivity index (χ1) is 12.9. The Kier molecular flexibility index (Phi) is 4.63. The molecule has 1 aromatic carbocycles. The first kappa shape index (κ1) is 18.0. The van der Waals surface area contributed by atoms with Crippen molar-refractivity contribution in [2.45, 2.75) is 30.8 Å². The summed E-state index contributed by atoms with van der Waals surface area (Å²) in [6, 6.07) is 12.1. The molecule has 0 radical (unpaired) electrons. The number of carbonyl (C=O) groups excluding carboxylic acids is 1. The van der Waals surface area contributed by atoms with Crippen LogP contribution in [0.2, 0.25) is 0 Å². The van der Waals surface area contributed by atoms with E-state index in [1.54, 1.807) is 31.2 Å². The van der Waals surface area contributed by atoms with E-state index in [-0.39, 0.29) is 29.8 Å². The number of fused-ring (bicyclic) bond motifs is 1. The fourth-order valence-electron chi connectivity index (χ4n) is 3.08. The summed E-state index contributed by atoms with van der Waals surface area (Å²) in [6.45, 7) is 2.16. The van der Waals surface area contributed by atoms with Crippen molar-refractivity contribution in [2.75, 3.05) is 5.32 Å². The van der Waals surface area contributed by atoms with Gasteiger partial charge in [-0.15, -0.1) is 11.3 Å². The number of thiophene rings is 1. The lowest BCUT2D eigenvalue weighted by Crippen LogP contribution is -2.30. The molecule has 0 unspecified atom stereocenters. The highest BCUT2D eigenvalue weighted by atomic mass is 32.2. The van der Waals surface area contributed by atoms with Crippen LogP contribution in [0.3, 0.4) is 0 Å². The van der Waals surface area contributed by atoms with Gasteiger partial charge in [-0.25, -0.2) is 8.42 Å². The molecule has 1 N–H and O–H groups in total. The van der Waals surface area contributed by atoms with Gasteiger partial charge in [0.1, 0.15) is 5.76 Å². The first-order valence-electron chi connectivity index (χ1n) is 8.45. The molecule has 4 rings (SSSR count). The molecule has 3 aromatic rings. The van der Waals surface area contributed by atoms with Crippen molar-refractivity contribution in [2.24, 2.45) is 0 Å². The largest absolute Gasteiger partial charge is 0.468 e. The third kappa shape index (κ3) is 3.43. The number of nitrogens with zero attached hydrogens (tertiary/aromatic N) is 1. The zero-order valence-electron chi connectivity index (χ0n) is 14.6. The van der Waals surface area contributed by atoms with Gasteiger partial charge in [-0.2, -0.15) is 4.31 Å². The predicted molar refractivity (Wildman–Crippen MR) is 103 cm³/mol. The van der Waals surface area contributed by atoms with Crippen molar-refractivity contribution in [3.8, 4) is 0 Å². The van der Waals surface area contributed by atoms with Gasteiger partial charge in [-0.1, -0.05) is 6.07 Å². The number of sulfonamides is 1. The molecule has 0 saturated heterocycles. The van der Waals surface area contributed by atoms with Gasteiger partial charge in [0.2, 0.25) is 15.9 Å². The first-order valence-corrected chi connectivity index (χ1v) is 10.8. The monoisotopic (exact) mass is 402 g/mol. The van der Waals surface area contributed by atoms with Gasteiger partial charge < -0.3 is 9.73 Å². The Morgan fingerprint density at radius 3 is 2.74 bits per heavy atom. The molecule has 6 nitrogen and oxygen atoms in total. The molecule has 0 spiro atoms. The topological polar surface area (TPSA) is 79.6 Å². The second-order valence-corrected chi connectivity index (χ2v) is 9.36. The lowest BCUT2D eigenvalue weighted by atomic mass is 10.0. The van der Waals surface area contributed by atoms with E-state index in [1.807, 2.05) is 17.5 Å². The summed E-state index contributed by atoms with van der Waals surface area (Å²) in [5.41, 5.74) is 1.37. The molecule has 0 fully saturated rings. The van der Waals surface area contributed by atoms with Crippen molar-refractivity contribution in [3.05, 3.63) is 70.3 Å². The second kappa shape index (κ2) is 6.95. The standard InChI is InChI=1S/C19H18N2O4S2/c1-13-17-10-16(6-7-18(17)20-19(13)22)27(23,24)21(11-14-4-2-8-25-14)12-15-5-3-9-26-15/h2-10,13H,11-12H2,1H3,(H,20,22)/t13-/m1/s1. The number of rotatable bonds is 6. The lowest BCUT2D eigenvalue weighted by Gasteiger charge is -2.21. The number of anilines is 1. The van der Waals surface area contributed by atoms with Crippen LogP contribution < -0.4 is 5.32 Å². The van der Waals surface area contributed by atoms with Gasteiger partial charge in [-0.05, 0) is 54.3 Å². The fourth-order valence-corrected chi connectivity index (χ4v) is 5.30. The molecular formula is C19H18N2O4S2. The minimum atomic E-state index is -3.77. The Hall–Kier alpha value is -2.42. The van der Waals surface area contributed by atoms with E-state index in [1.165, 1.54) is 28.0 Å². The van der Waals surface area contributed by atoms with Crippen LogP contribution in [0.25, 0.3) is 0 Å². The molecule has 0 saturated carbocycles. The Morgan fingerprint density at radius 1 is 1.19 bits per heavy atom. The van der Waals surface area contributed by atoms with Gasteiger partial charge >= 0.3 is 0 Å². The maximum atomic E-state index is 13.4. The summed E-state index contributed by atoms with van der Waals surface area (Å²) in [4.78, 5) is 13.0. The smallest absolute Gasteiger partial charge is 0.243 e. The average molecular weight is 402 g/mol. The van der Waals surface area contributed by atoms with E-state index < -0.39 is 10.0 Å². The third-order valence-electron chi connectivity index (χ3n) is 4.60. The highest BCUT2D eigenvalue weighted by Gasteiger charge is 2.31. The molecular weight excluding hydrogens is 384 g/mol. The zero-order valence-corrected chi connectivity index (χ0v) is 16.2. The molecule has 1 atom stereocenters. The van der Waals surface area contributed by atoms with Gasteiger partial charge in [0.25, 0.3) is 0 Å². The van der Waals surface area contributed by atoms with Crippen LogP contribution in [-0.2, 0) is 27.9 Å². The summed E-state index contributed by atoms with van der Waals surface area (Å²) in [7, 11) is -3.77. The number of nitrogens with one attached hydrogen (secondary N) is 1. The Bertz CT molecular complexity index is 1020. The van der Waals surface area contributed by atoms with E-state index >= 15 is 0 Å². The average Bonchev–Trinajstić information content (AvgIpc) is 3.38. The molecule has 0 aliphatic carbocycles. The Labute approximate surface area is 161 Å². The summed E-state index contributed by atoms with van der Waals surface area (Å²) in [5.74, 6) is 0.0815. The van der Waals surface area contributed by atoms with Crippen molar-refractivity contribution < 1.29 is 17.6 Å². The van der Waals surface area contributed by atoms with Crippen LogP contribution in [0.4, 0.5) is 5.69 Å². The highest BCUT2D eigenvalue weighted by Crippen LogP contribution is 2.35. The molecule has 1 amide bonds. The van der Waals surface area contributed by atoms with Crippen molar-refractivity contribution in [3.63, 3.8) is 0 Å². The summed E-state index contributed by atoms with van der Waals surface area (Å²) < 4.78 is 33.5. The van der Waals surface area contributed by atoms with Crippen molar-refractivity contribution in [1.29, 1.82) is 0 Å². The maximum Gasteiger partial charge on any atom is 0.243 e. The normalized spacial score (nSPS) is 16.5. The minimum absolute atomic E-state index is 0.120.